The maximum absolute atomic E-state index is 5.51. The lowest BCUT2D eigenvalue weighted by Gasteiger charge is -2.40. The van der Waals surface area contributed by atoms with Crippen LogP contribution in [0.25, 0.3) is 0 Å². The second-order valence-corrected chi connectivity index (χ2v) is 5.44. The fraction of sp³-hybridized carbons (Fsp3) is 1.00. The third-order valence-electron chi connectivity index (χ3n) is 3.02. The van der Waals surface area contributed by atoms with Crippen molar-refractivity contribution < 1.29 is 0 Å². The zero-order chi connectivity index (χ0) is 12.7. The molecule has 0 rings (SSSR count). The summed E-state index contributed by atoms with van der Waals surface area (Å²) in [5.41, 5.74) is 5.51. The lowest BCUT2D eigenvalue weighted by Crippen LogP contribution is -2.52. The Kier molecular flexibility index (Phi) is 7.98. The highest BCUT2D eigenvalue weighted by molar-refractivity contribution is 4.82. The van der Waals surface area contributed by atoms with Gasteiger partial charge in [-0.05, 0) is 33.6 Å². The largest absolute Gasteiger partial charge is 0.329 e. The molecule has 1 atom stereocenters. The van der Waals surface area contributed by atoms with Crippen LogP contribution in [0.3, 0.4) is 0 Å². The smallest absolute Gasteiger partial charge is 0.0248 e. The van der Waals surface area contributed by atoms with E-state index < -0.39 is 0 Å². The summed E-state index contributed by atoms with van der Waals surface area (Å²) in [7, 11) is 0. The van der Waals surface area contributed by atoms with Crippen LogP contribution in [0.2, 0.25) is 0 Å². The minimum Gasteiger partial charge on any atom is -0.329 e. The quantitative estimate of drug-likeness (QED) is 0.622. The van der Waals surface area contributed by atoms with E-state index in [0.29, 0.717) is 30.6 Å². The Morgan fingerprint density at radius 3 is 1.81 bits per heavy atom. The van der Waals surface area contributed by atoms with Crippen LogP contribution in [0.1, 0.15) is 41.5 Å². The summed E-state index contributed by atoms with van der Waals surface area (Å²) in [4.78, 5) is 2.59. The second-order valence-electron chi connectivity index (χ2n) is 5.44. The molecule has 0 aromatic carbocycles. The van der Waals surface area contributed by atoms with Crippen LogP contribution < -0.4 is 11.1 Å². The lowest BCUT2D eigenvalue weighted by atomic mass is 9.99. The molecule has 1 unspecified atom stereocenters. The lowest BCUT2D eigenvalue weighted by molar-refractivity contribution is 0.0821. The van der Waals surface area contributed by atoms with Crippen molar-refractivity contribution in [2.45, 2.75) is 59.7 Å². The third-order valence-corrected chi connectivity index (χ3v) is 3.02. The molecule has 3 heteroatoms. The van der Waals surface area contributed by atoms with E-state index in [0.717, 1.165) is 13.1 Å². The monoisotopic (exact) mass is 229 g/mol. The van der Waals surface area contributed by atoms with Crippen molar-refractivity contribution in [3.8, 4) is 0 Å². The highest BCUT2D eigenvalue weighted by Crippen LogP contribution is 2.17. The summed E-state index contributed by atoms with van der Waals surface area (Å²) in [5, 5.41) is 3.44. The number of hydrogen-bond donors (Lipinski definition) is 2. The zero-order valence-corrected chi connectivity index (χ0v) is 12.0. The molecule has 3 nitrogen and oxygen atoms in total. The topological polar surface area (TPSA) is 41.3 Å². The number of hydrogen-bond acceptors (Lipinski definition) is 3. The Bertz CT molecular complexity index is 159. The van der Waals surface area contributed by atoms with Crippen molar-refractivity contribution in [1.82, 2.24) is 10.2 Å². The molecule has 0 amide bonds. The third kappa shape index (κ3) is 5.28. The van der Waals surface area contributed by atoms with Crippen LogP contribution in [0, 0.1) is 5.92 Å². The normalized spacial score (nSPS) is 14.4. The van der Waals surface area contributed by atoms with Crippen LogP contribution in [-0.4, -0.2) is 42.7 Å². The SMILES string of the molecule is CC(C)C(CNCCN)N(C(C)C)C(C)C. The minimum absolute atomic E-state index is 0.589. The van der Waals surface area contributed by atoms with Crippen molar-refractivity contribution in [1.29, 1.82) is 0 Å². The van der Waals surface area contributed by atoms with Crippen LogP contribution in [0.4, 0.5) is 0 Å². The van der Waals surface area contributed by atoms with Gasteiger partial charge in [0, 0.05) is 37.8 Å². The molecule has 16 heavy (non-hydrogen) atoms. The molecule has 0 aromatic rings. The van der Waals surface area contributed by atoms with Crippen molar-refractivity contribution in [3.05, 3.63) is 0 Å². The van der Waals surface area contributed by atoms with Crippen molar-refractivity contribution in [2.24, 2.45) is 11.7 Å². The van der Waals surface area contributed by atoms with E-state index in [1.54, 1.807) is 0 Å². The van der Waals surface area contributed by atoms with Gasteiger partial charge in [-0.3, -0.25) is 4.90 Å². The van der Waals surface area contributed by atoms with Crippen LogP contribution in [0.15, 0.2) is 0 Å². The molecule has 0 aliphatic rings. The Labute approximate surface area is 102 Å². The van der Waals surface area contributed by atoms with Gasteiger partial charge in [0.1, 0.15) is 0 Å². The van der Waals surface area contributed by atoms with E-state index in [4.69, 9.17) is 5.73 Å². The first-order valence-corrected chi connectivity index (χ1v) is 6.60. The predicted octanol–water partition coefficient (Wildman–Crippen LogP) is 1.68. The highest BCUT2D eigenvalue weighted by Gasteiger charge is 2.25. The molecule has 0 radical (unpaired) electrons. The average Bonchev–Trinajstić information content (AvgIpc) is 2.14. The number of nitrogens with two attached hydrogens (primary N) is 1. The van der Waals surface area contributed by atoms with Gasteiger partial charge in [0.05, 0.1) is 0 Å². The van der Waals surface area contributed by atoms with E-state index in [9.17, 15) is 0 Å². The molecule has 0 spiro atoms. The molecular formula is C13H31N3. The molecule has 0 fully saturated rings. The van der Waals surface area contributed by atoms with Crippen LogP contribution in [-0.2, 0) is 0 Å². The number of nitrogens with one attached hydrogen (secondary N) is 1. The van der Waals surface area contributed by atoms with Gasteiger partial charge in [-0.25, -0.2) is 0 Å². The molecule has 0 saturated carbocycles. The Balaban J connectivity index is 4.46. The van der Waals surface area contributed by atoms with E-state index in [-0.39, 0.29) is 0 Å². The average molecular weight is 229 g/mol. The van der Waals surface area contributed by atoms with Gasteiger partial charge in [0.15, 0.2) is 0 Å². The van der Waals surface area contributed by atoms with Crippen LogP contribution in [0.5, 0.6) is 0 Å². The zero-order valence-electron chi connectivity index (χ0n) is 12.0. The maximum Gasteiger partial charge on any atom is 0.0248 e. The van der Waals surface area contributed by atoms with Gasteiger partial charge in [-0.1, -0.05) is 13.8 Å². The molecule has 0 aromatic heterocycles. The summed E-state index contributed by atoms with van der Waals surface area (Å²) >= 11 is 0. The highest BCUT2D eigenvalue weighted by atomic mass is 15.2. The van der Waals surface area contributed by atoms with E-state index in [1.807, 2.05) is 0 Å². The predicted molar refractivity (Wildman–Crippen MR) is 72.7 cm³/mol. The molecule has 0 saturated heterocycles. The molecule has 3 N–H and O–H groups in total. The first-order valence-electron chi connectivity index (χ1n) is 6.60. The van der Waals surface area contributed by atoms with Crippen molar-refractivity contribution in [3.63, 3.8) is 0 Å². The standard InChI is InChI=1S/C13H31N3/c1-10(2)13(9-15-8-7-14)16(11(3)4)12(5)6/h10-13,15H,7-9,14H2,1-6H3. The van der Waals surface area contributed by atoms with Gasteiger partial charge in [0.25, 0.3) is 0 Å². The minimum atomic E-state index is 0.589. The van der Waals surface area contributed by atoms with Crippen LogP contribution >= 0.6 is 0 Å². The summed E-state index contributed by atoms with van der Waals surface area (Å²) < 4.78 is 0. The number of nitrogens with zero attached hydrogens (tertiary/aromatic N) is 1. The molecular weight excluding hydrogens is 198 g/mol. The van der Waals surface area contributed by atoms with Gasteiger partial charge in [0.2, 0.25) is 0 Å². The Morgan fingerprint density at radius 1 is 1.00 bits per heavy atom. The van der Waals surface area contributed by atoms with Gasteiger partial charge in [-0.15, -0.1) is 0 Å². The Hall–Kier alpha value is -0.120. The summed E-state index contributed by atoms with van der Waals surface area (Å²) in [5.74, 6) is 0.662. The molecule has 0 aliphatic carbocycles. The fourth-order valence-corrected chi connectivity index (χ4v) is 2.40. The first-order chi connectivity index (χ1) is 7.41. The van der Waals surface area contributed by atoms with Gasteiger partial charge < -0.3 is 11.1 Å². The first kappa shape index (κ1) is 15.9. The summed E-state index contributed by atoms with van der Waals surface area (Å²) in [6.07, 6.45) is 0. The Morgan fingerprint density at radius 2 is 1.50 bits per heavy atom. The summed E-state index contributed by atoms with van der Waals surface area (Å²) in [6.45, 7) is 16.4. The van der Waals surface area contributed by atoms with E-state index in [1.165, 1.54) is 0 Å². The van der Waals surface area contributed by atoms with Crippen molar-refractivity contribution in [2.75, 3.05) is 19.6 Å². The van der Waals surface area contributed by atoms with E-state index in [2.05, 4.69) is 51.8 Å². The second kappa shape index (κ2) is 8.04. The molecule has 0 bridgehead atoms. The fourth-order valence-electron chi connectivity index (χ4n) is 2.40. The summed E-state index contributed by atoms with van der Waals surface area (Å²) in [6, 6.07) is 1.77. The number of rotatable bonds is 8. The maximum atomic E-state index is 5.51. The van der Waals surface area contributed by atoms with Gasteiger partial charge >= 0.3 is 0 Å². The molecule has 0 aliphatic heterocycles. The van der Waals surface area contributed by atoms with Crippen molar-refractivity contribution >= 4 is 0 Å². The molecule has 98 valence electrons. The molecule has 0 heterocycles. The van der Waals surface area contributed by atoms with Gasteiger partial charge in [-0.2, -0.15) is 0 Å². The van der Waals surface area contributed by atoms with E-state index >= 15 is 0 Å².